The van der Waals surface area contributed by atoms with Crippen LogP contribution in [-0.2, 0) is 0 Å². The van der Waals surface area contributed by atoms with Gasteiger partial charge in [0.2, 0.25) is 0 Å². The highest BCUT2D eigenvalue weighted by molar-refractivity contribution is 9.10. The fraction of sp³-hybridized carbons (Fsp3) is 0.100. The van der Waals surface area contributed by atoms with E-state index in [2.05, 4.69) is 40.0 Å². The summed E-state index contributed by atoms with van der Waals surface area (Å²) in [5.41, 5.74) is 1.25. The van der Waals surface area contributed by atoms with E-state index >= 15 is 0 Å². The second kappa shape index (κ2) is 2.87. The van der Waals surface area contributed by atoms with Gasteiger partial charge >= 0.3 is 0 Å². The second-order valence-corrected chi connectivity index (χ2v) is 3.68. The summed E-state index contributed by atoms with van der Waals surface area (Å²) >= 11 is 3.50. The number of nitrogens with zero attached hydrogens (tertiary/aromatic N) is 1. The third-order valence-electron chi connectivity index (χ3n) is 1.92. The van der Waals surface area contributed by atoms with Gasteiger partial charge in [-0.1, -0.05) is 15.9 Å². The van der Waals surface area contributed by atoms with Gasteiger partial charge in [0, 0.05) is 22.3 Å². The van der Waals surface area contributed by atoms with E-state index in [1.807, 2.05) is 18.5 Å². The average molecular weight is 222 g/mol. The first kappa shape index (κ1) is 7.74. The zero-order valence-electron chi connectivity index (χ0n) is 6.71. The zero-order valence-corrected chi connectivity index (χ0v) is 8.30. The smallest absolute Gasteiger partial charge is 0.0346 e. The van der Waals surface area contributed by atoms with E-state index in [-0.39, 0.29) is 0 Å². The van der Waals surface area contributed by atoms with Crippen LogP contribution >= 0.6 is 15.9 Å². The molecular formula is C10H8BrN. The van der Waals surface area contributed by atoms with Gasteiger partial charge in [-0.05, 0) is 36.1 Å². The number of aryl methyl sites for hydroxylation is 1. The molecule has 2 heteroatoms. The number of benzene rings is 1. The Kier molecular flexibility index (Phi) is 1.85. The third-order valence-corrected chi connectivity index (χ3v) is 2.77. The molecule has 2 rings (SSSR count). The molecule has 0 N–H and O–H groups in total. The zero-order chi connectivity index (χ0) is 8.55. The molecule has 60 valence electrons. The van der Waals surface area contributed by atoms with Crippen LogP contribution < -0.4 is 0 Å². The lowest BCUT2D eigenvalue weighted by molar-refractivity contribution is 1.35. The van der Waals surface area contributed by atoms with E-state index in [9.17, 15) is 0 Å². The lowest BCUT2D eigenvalue weighted by Crippen LogP contribution is -1.79. The number of hydrogen-bond donors (Lipinski definition) is 0. The highest BCUT2D eigenvalue weighted by atomic mass is 79.9. The summed E-state index contributed by atoms with van der Waals surface area (Å²) in [7, 11) is 0. The first-order valence-electron chi connectivity index (χ1n) is 3.77. The van der Waals surface area contributed by atoms with Crippen molar-refractivity contribution < 1.29 is 0 Å². The van der Waals surface area contributed by atoms with Gasteiger partial charge in [0.15, 0.2) is 0 Å². The SMILES string of the molecule is Cc1cc2cnccc2cc1Br. The topological polar surface area (TPSA) is 12.9 Å². The van der Waals surface area contributed by atoms with Crippen molar-refractivity contribution in [1.29, 1.82) is 0 Å². The van der Waals surface area contributed by atoms with Crippen molar-refractivity contribution in [2.24, 2.45) is 0 Å². The van der Waals surface area contributed by atoms with Gasteiger partial charge in [-0.25, -0.2) is 0 Å². The molecule has 0 spiro atoms. The normalized spacial score (nSPS) is 10.5. The highest BCUT2D eigenvalue weighted by Crippen LogP contribution is 2.22. The summed E-state index contributed by atoms with van der Waals surface area (Å²) in [4.78, 5) is 4.07. The van der Waals surface area contributed by atoms with E-state index in [1.54, 1.807) is 0 Å². The highest BCUT2D eigenvalue weighted by Gasteiger charge is 1.97. The molecule has 0 radical (unpaired) electrons. The molecule has 2 aromatic rings. The van der Waals surface area contributed by atoms with Crippen molar-refractivity contribution in [3.63, 3.8) is 0 Å². The Hall–Kier alpha value is -0.890. The Morgan fingerprint density at radius 2 is 2.08 bits per heavy atom. The maximum Gasteiger partial charge on any atom is 0.0346 e. The number of aromatic nitrogens is 1. The molecular weight excluding hydrogens is 214 g/mol. The minimum atomic E-state index is 1.15. The van der Waals surface area contributed by atoms with Crippen molar-refractivity contribution >= 4 is 26.7 Å². The standard InChI is InChI=1S/C10H8BrN/c1-7-4-9-6-12-3-2-8(9)5-10(7)11/h2-6H,1H3. The fourth-order valence-corrected chi connectivity index (χ4v) is 1.58. The van der Waals surface area contributed by atoms with Crippen LogP contribution in [0, 0.1) is 6.92 Å². The van der Waals surface area contributed by atoms with E-state index in [1.165, 1.54) is 16.3 Å². The Bertz CT molecular complexity index is 383. The molecule has 0 fully saturated rings. The van der Waals surface area contributed by atoms with E-state index in [0.29, 0.717) is 0 Å². The van der Waals surface area contributed by atoms with Crippen LogP contribution in [0.1, 0.15) is 5.56 Å². The quantitative estimate of drug-likeness (QED) is 0.666. The summed E-state index contributed by atoms with van der Waals surface area (Å²) < 4.78 is 1.15. The summed E-state index contributed by atoms with van der Waals surface area (Å²) in [5.74, 6) is 0. The van der Waals surface area contributed by atoms with Crippen LogP contribution in [0.3, 0.4) is 0 Å². The summed E-state index contributed by atoms with van der Waals surface area (Å²) in [6.45, 7) is 2.08. The fourth-order valence-electron chi connectivity index (χ4n) is 1.22. The predicted molar refractivity (Wildman–Crippen MR) is 54.2 cm³/mol. The predicted octanol–water partition coefficient (Wildman–Crippen LogP) is 3.31. The molecule has 0 aliphatic rings. The lowest BCUT2D eigenvalue weighted by atomic mass is 10.1. The second-order valence-electron chi connectivity index (χ2n) is 2.82. The number of fused-ring (bicyclic) bond motifs is 1. The van der Waals surface area contributed by atoms with Gasteiger partial charge < -0.3 is 0 Å². The summed E-state index contributed by atoms with van der Waals surface area (Å²) in [6, 6.07) is 6.26. The van der Waals surface area contributed by atoms with Crippen molar-refractivity contribution in [3.05, 3.63) is 40.6 Å². The molecule has 0 aliphatic heterocycles. The van der Waals surface area contributed by atoms with Crippen LogP contribution in [0.15, 0.2) is 35.1 Å². The van der Waals surface area contributed by atoms with E-state index in [4.69, 9.17) is 0 Å². The minimum Gasteiger partial charge on any atom is -0.264 e. The minimum absolute atomic E-state index is 1.15. The first-order chi connectivity index (χ1) is 5.77. The molecule has 1 aromatic heterocycles. The van der Waals surface area contributed by atoms with Gasteiger partial charge in [0.1, 0.15) is 0 Å². The van der Waals surface area contributed by atoms with Crippen LogP contribution in [-0.4, -0.2) is 4.98 Å². The molecule has 0 atom stereocenters. The summed E-state index contributed by atoms with van der Waals surface area (Å²) in [5, 5.41) is 2.42. The average Bonchev–Trinajstić information content (AvgIpc) is 2.07. The first-order valence-corrected chi connectivity index (χ1v) is 4.56. The van der Waals surface area contributed by atoms with Crippen LogP contribution in [0.4, 0.5) is 0 Å². The van der Waals surface area contributed by atoms with Crippen molar-refractivity contribution in [3.8, 4) is 0 Å². The van der Waals surface area contributed by atoms with Crippen molar-refractivity contribution in [2.45, 2.75) is 6.92 Å². The largest absolute Gasteiger partial charge is 0.264 e. The maximum atomic E-state index is 4.07. The molecule has 12 heavy (non-hydrogen) atoms. The Labute approximate surface area is 79.6 Å². The van der Waals surface area contributed by atoms with E-state index < -0.39 is 0 Å². The Balaban J connectivity index is 2.84. The van der Waals surface area contributed by atoms with Gasteiger partial charge in [0.25, 0.3) is 0 Å². The van der Waals surface area contributed by atoms with Gasteiger partial charge in [-0.15, -0.1) is 0 Å². The third kappa shape index (κ3) is 1.23. The van der Waals surface area contributed by atoms with Crippen LogP contribution in [0.2, 0.25) is 0 Å². The van der Waals surface area contributed by atoms with Crippen molar-refractivity contribution in [2.75, 3.05) is 0 Å². The number of pyridine rings is 1. The molecule has 0 aliphatic carbocycles. The molecule has 0 saturated heterocycles. The number of hydrogen-bond acceptors (Lipinski definition) is 1. The lowest BCUT2D eigenvalue weighted by Gasteiger charge is -2.00. The van der Waals surface area contributed by atoms with Gasteiger partial charge in [-0.2, -0.15) is 0 Å². The molecule has 1 nitrogen and oxygen atoms in total. The van der Waals surface area contributed by atoms with E-state index in [0.717, 1.165) is 4.47 Å². The Morgan fingerprint density at radius 1 is 1.25 bits per heavy atom. The monoisotopic (exact) mass is 221 g/mol. The molecule has 0 amide bonds. The molecule has 0 bridgehead atoms. The number of halogens is 1. The van der Waals surface area contributed by atoms with Crippen LogP contribution in [0.5, 0.6) is 0 Å². The molecule has 1 aromatic carbocycles. The molecule has 1 heterocycles. The van der Waals surface area contributed by atoms with Crippen LogP contribution in [0.25, 0.3) is 10.8 Å². The van der Waals surface area contributed by atoms with Crippen molar-refractivity contribution in [1.82, 2.24) is 4.98 Å². The van der Waals surface area contributed by atoms with Gasteiger partial charge in [0.05, 0.1) is 0 Å². The maximum absolute atomic E-state index is 4.07. The Morgan fingerprint density at radius 3 is 2.92 bits per heavy atom. The number of rotatable bonds is 0. The summed E-state index contributed by atoms with van der Waals surface area (Å²) in [6.07, 6.45) is 3.69. The molecule has 0 saturated carbocycles. The molecule has 0 unspecified atom stereocenters. The van der Waals surface area contributed by atoms with Gasteiger partial charge in [-0.3, -0.25) is 4.98 Å².